The van der Waals surface area contributed by atoms with E-state index in [1.165, 1.54) is 4.88 Å². The van der Waals surface area contributed by atoms with Crippen LogP contribution in [0.4, 0.5) is 0 Å². The average Bonchev–Trinajstić information content (AvgIpc) is 2.90. The third-order valence-electron chi connectivity index (χ3n) is 5.44. The van der Waals surface area contributed by atoms with Crippen LogP contribution in [0, 0.1) is 0 Å². The molecule has 0 aromatic carbocycles. The van der Waals surface area contributed by atoms with Crippen molar-refractivity contribution in [2.75, 3.05) is 39.8 Å². The van der Waals surface area contributed by atoms with E-state index < -0.39 is 0 Å². The smallest absolute Gasteiger partial charge is 0.222 e. The standard InChI is InChI=1S/C18H26ClN3OS/c1-3-9-22-10-8-18(7-6-17(22)23)14-21(12-11-20(18)2)13-15-4-5-16(19)24-15/h3-5H,1,6-14H2,2H3/t18-/m0/s1. The van der Waals surface area contributed by atoms with E-state index in [2.05, 4.69) is 29.5 Å². The highest BCUT2D eigenvalue weighted by Gasteiger charge is 2.42. The van der Waals surface area contributed by atoms with E-state index in [0.717, 1.165) is 49.9 Å². The maximum atomic E-state index is 12.3. The number of carbonyl (C=O) groups is 1. The Morgan fingerprint density at radius 3 is 2.88 bits per heavy atom. The van der Waals surface area contributed by atoms with E-state index in [1.807, 2.05) is 17.0 Å². The summed E-state index contributed by atoms with van der Waals surface area (Å²) in [6.07, 6.45) is 4.44. The Hall–Kier alpha value is -0.880. The summed E-state index contributed by atoms with van der Waals surface area (Å²) in [6, 6.07) is 4.10. The molecule has 2 saturated heterocycles. The number of hydrogen-bond donors (Lipinski definition) is 0. The predicted octanol–water partition coefficient (Wildman–Crippen LogP) is 3.09. The lowest BCUT2D eigenvalue weighted by Gasteiger charge is -2.49. The van der Waals surface area contributed by atoms with Gasteiger partial charge in [0, 0.05) is 56.1 Å². The second kappa shape index (κ2) is 7.56. The molecule has 132 valence electrons. The molecule has 2 aliphatic rings. The zero-order valence-electron chi connectivity index (χ0n) is 14.3. The fraction of sp³-hybridized carbons (Fsp3) is 0.611. The van der Waals surface area contributed by atoms with Crippen molar-refractivity contribution in [1.29, 1.82) is 0 Å². The zero-order chi connectivity index (χ0) is 17.2. The Labute approximate surface area is 153 Å². The number of likely N-dealkylation sites (N-methyl/N-ethyl adjacent to an activating group) is 1. The van der Waals surface area contributed by atoms with E-state index in [1.54, 1.807) is 11.3 Å². The van der Waals surface area contributed by atoms with E-state index in [0.29, 0.717) is 13.0 Å². The lowest BCUT2D eigenvalue weighted by atomic mass is 9.86. The largest absolute Gasteiger partial charge is 0.339 e. The molecule has 3 rings (SSSR count). The van der Waals surface area contributed by atoms with Gasteiger partial charge >= 0.3 is 0 Å². The Kier molecular flexibility index (Phi) is 5.65. The maximum absolute atomic E-state index is 12.3. The monoisotopic (exact) mass is 367 g/mol. The minimum atomic E-state index is 0.102. The van der Waals surface area contributed by atoms with Crippen molar-refractivity contribution in [3.05, 3.63) is 34.0 Å². The van der Waals surface area contributed by atoms with E-state index in [4.69, 9.17) is 11.6 Å². The average molecular weight is 368 g/mol. The van der Waals surface area contributed by atoms with E-state index in [-0.39, 0.29) is 11.4 Å². The minimum Gasteiger partial charge on any atom is -0.339 e. The Morgan fingerprint density at radius 2 is 2.17 bits per heavy atom. The number of amides is 1. The molecule has 4 nitrogen and oxygen atoms in total. The van der Waals surface area contributed by atoms with Crippen LogP contribution in [0.3, 0.4) is 0 Å². The summed E-state index contributed by atoms with van der Waals surface area (Å²) < 4.78 is 0.856. The number of likely N-dealkylation sites (tertiary alicyclic amines) is 1. The van der Waals surface area contributed by atoms with Crippen molar-refractivity contribution in [3.8, 4) is 0 Å². The summed E-state index contributed by atoms with van der Waals surface area (Å²) in [4.78, 5) is 20.6. The van der Waals surface area contributed by atoms with Crippen LogP contribution < -0.4 is 0 Å². The number of carbonyl (C=O) groups excluding carboxylic acids is 1. The molecule has 1 aromatic heterocycles. The van der Waals surface area contributed by atoms with Crippen LogP contribution in [0.15, 0.2) is 24.8 Å². The predicted molar refractivity (Wildman–Crippen MR) is 101 cm³/mol. The van der Waals surface area contributed by atoms with Gasteiger partial charge < -0.3 is 4.90 Å². The number of halogens is 1. The van der Waals surface area contributed by atoms with Crippen LogP contribution in [-0.4, -0.2) is 65.9 Å². The van der Waals surface area contributed by atoms with Crippen LogP contribution in [0.5, 0.6) is 0 Å². The highest BCUT2D eigenvalue weighted by molar-refractivity contribution is 7.16. The molecule has 0 bridgehead atoms. The van der Waals surface area contributed by atoms with E-state index in [9.17, 15) is 4.79 Å². The molecule has 0 unspecified atom stereocenters. The summed E-state index contributed by atoms with van der Waals surface area (Å²) in [6.45, 7) is 9.36. The fourth-order valence-corrected chi connectivity index (χ4v) is 5.05. The highest BCUT2D eigenvalue weighted by atomic mass is 35.5. The SMILES string of the molecule is C=CCN1CC[C@@]2(CCC1=O)CN(Cc1ccc(Cl)s1)CCN2C. The van der Waals surface area contributed by atoms with Crippen LogP contribution in [-0.2, 0) is 11.3 Å². The van der Waals surface area contributed by atoms with Gasteiger partial charge in [-0.05, 0) is 32.0 Å². The minimum absolute atomic E-state index is 0.102. The van der Waals surface area contributed by atoms with Gasteiger partial charge in [0.05, 0.1) is 4.34 Å². The molecule has 2 aliphatic heterocycles. The summed E-state index contributed by atoms with van der Waals surface area (Å²) in [7, 11) is 2.22. The van der Waals surface area contributed by atoms with Gasteiger partial charge in [0.1, 0.15) is 0 Å². The van der Waals surface area contributed by atoms with Crippen molar-refractivity contribution < 1.29 is 4.79 Å². The van der Waals surface area contributed by atoms with Gasteiger partial charge in [-0.3, -0.25) is 14.6 Å². The molecule has 0 saturated carbocycles. The normalized spacial score (nSPS) is 26.8. The van der Waals surface area contributed by atoms with Crippen molar-refractivity contribution in [2.24, 2.45) is 0 Å². The molecule has 24 heavy (non-hydrogen) atoms. The van der Waals surface area contributed by atoms with Crippen molar-refractivity contribution in [1.82, 2.24) is 14.7 Å². The van der Waals surface area contributed by atoms with Gasteiger partial charge in [0.15, 0.2) is 0 Å². The molecule has 0 N–H and O–H groups in total. The zero-order valence-corrected chi connectivity index (χ0v) is 15.9. The number of rotatable bonds is 4. The van der Waals surface area contributed by atoms with Gasteiger partial charge in [-0.15, -0.1) is 17.9 Å². The molecular formula is C18H26ClN3OS. The lowest BCUT2D eigenvalue weighted by Crippen LogP contribution is -2.60. The quantitative estimate of drug-likeness (QED) is 0.765. The molecule has 1 amide bonds. The van der Waals surface area contributed by atoms with Gasteiger partial charge in [0.25, 0.3) is 0 Å². The van der Waals surface area contributed by atoms with Gasteiger partial charge in [-0.2, -0.15) is 0 Å². The second-order valence-corrected chi connectivity index (χ2v) is 8.74. The number of thiophene rings is 1. The highest BCUT2D eigenvalue weighted by Crippen LogP contribution is 2.33. The first-order chi connectivity index (χ1) is 11.5. The molecule has 3 heterocycles. The molecule has 6 heteroatoms. The third-order valence-corrected chi connectivity index (χ3v) is 6.66. The molecule has 1 aromatic rings. The first-order valence-corrected chi connectivity index (χ1v) is 9.78. The topological polar surface area (TPSA) is 26.8 Å². The first-order valence-electron chi connectivity index (χ1n) is 8.59. The van der Waals surface area contributed by atoms with Crippen molar-refractivity contribution in [3.63, 3.8) is 0 Å². The van der Waals surface area contributed by atoms with Crippen LogP contribution >= 0.6 is 22.9 Å². The van der Waals surface area contributed by atoms with E-state index >= 15 is 0 Å². The molecular weight excluding hydrogens is 342 g/mol. The molecule has 0 aliphatic carbocycles. The Bertz CT molecular complexity index is 605. The summed E-state index contributed by atoms with van der Waals surface area (Å²) >= 11 is 7.73. The summed E-state index contributed by atoms with van der Waals surface area (Å²) in [5.41, 5.74) is 0.102. The number of hydrogen-bond acceptors (Lipinski definition) is 4. The Balaban J connectivity index is 1.70. The lowest BCUT2D eigenvalue weighted by molar-refractivity contribution is -0.130. The van der Waals surface area contributed by atoms with Crippen molar-refractivity contribution in [2.45, 2.75) is 31.3 Å². The molecule has 2 fully saturated rings. The molecule has 1 spiro atoms. The first kappa shape index (κ1) is 17.9. The maximum Gasteiger partial charge on any atom is 0.222 e. The van der Waals surface area contributed by atoms with Crippen LogP contribution in [0.25, 0.3) is 0 Å². The third kappa shape index (κ3) is 3.85. The van der Waals surface area contributed by atoms with Gasteiger partial charge in [-0.25, -0.2) is 0 Å². The number of nitrogens with zero attached hydrogens (tertiary/aromatic N) is 3. The Morgan fingerprint density at radius 1 is 1.33 bits per heavy atom. The van der Waals surface area contributed by atoms with Crippen LogP contribution in [0.1, 0.15) is 24.1 Å². The van der Waals surface area contributed by atoms with Crippen LogP contribution in [0.2, 0.25) is 4.34 Å². The van der Waals surface area contributed by atoms with Gasteiger partial charge in [-0.1, -0.05) is 17.7 Å². The summed E-state index contributed by atoms with van der Waals surface area (Å²) in [5, 5.41) is 0. The second-order valence-electron chi connectivity index (χ2n) is 6.94. The fourth-order valence-electron chi connectivity index (χ4n) is 3.92. The molecule has 0 radical (unpaired) electrons. The molecule has 1 atom stereocenters. The van der Waals surface area contributed by atoms with Crippen molar-refractivity contribution >= 4 is 28.8 Å². The van der Waals surface area contributed by atoms with Gasteiger partial charge in [0.2, 0.25) is 5.91 Å². The summed E-state index contributed by atoms with van der Waals surface area (Å²) in [5.74, 6) is 0.266. The number of piperazine rings is 1.